The Labute approximate surface area is 107 Å². The van der Waals surface area contributed by atoms with Gasteiger partial charge in [-0.2, -0.15) is 0 Å². The second kappa shape index (κ2) is 4.88. The van der Waals surface area contributed by atoms with Crippen LogP contribution in [-0.4, -0.2) is 25.0 Å². The number of carbonyl (C=O) groups excluding carboxylic acids is 1. The SMILES string of the molecule is O=C(NC1CCCC1)c1cccc2c1NCCN2. The van der Waals surface area contributed by atoms with Crippen molar-refractivity contribution in [1.29, 1.82) is 0 Å². The van der Waals surface area contributed by atoms with Gasteiger partial charge < -0.3 is 16.0 Å². The Morgan fingerprint density at radius 3 is 2.78 bits per heavy atom. The average Bonchev–Trinajstić information content (AvgIpc) is 2.91. The Kier molecular flexibility index (Phi) is 3.09. The molecule has 0 saturated heterocycles. The van der Waals surface area contributed by atoms with Crippen LogP contribution in [-0.2, 0) is 0 Å². The smallest absolute Gasteiger partial charge is 0.253 e. The van der Waals surface area contributed by atoms with Crippen molar-refractivity contribution in [2.45, 2.75) is 31.7 Å². The third kappa shape index (κ3) is 2.15. The van der Waals surface area contributed by atoms with Crippen LogP contribution < -0.4 is 16.0 Å². The second-order valence-corrected chi connectivity index (χ2v) is 5.04. The van der Waals surface area contributed by atoms with E-state index in [1.807, 2.05) is 18.2 Å². The van der Waals surface area contributed by atoms with Crippen molar-refractivity contribution in [2.75, 3.05) is 23.7 Å². The first kappa shape index (κ1) is 11.4. The van der Waals surface area contributed by atoms with E-state index < -0.39 is 0 Å². The molecule has 1 fully saturated rings. The average molecular weight is 245 g/mol. The zero-order chi connectivity index (χ0) is 12.4. The number of hydrogen-bond acceptors (Lipinski definition) is 3. The van der Waals surface area contributed by atoms with Gasteiger partial charge in [-0.3, -0.25) is 4.79 Å². The molecule has 96 valence electrons. The monoisotopic (exact) mass is 245 g/mol. The predicted molar refractivity (Wildman–Crippen MR) is 73.1 cm³/mol. The van der Waals surface area contributed by atoms with Crippen LogP contribution in [0.1, 0.15) is 36.0 Å². The molecule has 0 spiro atoms. The van der Waals surface area contributed by atoms with E-state index in [1.54, 1.807) is 0 Å². The minimum Gasteiger partial charge on any atom is -0.382 e. The summed E-state index contributed by atoms with van der Waals surface area (Å²) in [5, 5.41) is 9.76. The normalized spacial score (nSPS) is 18.7. The van der Waals surface area contributed by atoms with Gasteiger partial charge in [-0.25, -0.2) is 0 Å². The fourth-order valence-electron chi connectivity index (χ4n) is 2.80. The predicted octanol–water partition coefficient (Wildman–Crippen LogP) is 2.20. The van der Waals surface area contributed by atoms with Crippen LogP contribution in [0.5, 0.6) is 0 Å². The molecule has 3 N–H and O–H groups in total. The molecular formula is C14H19N3O. The molecule has 1 aliphatic carbocycles. The standard InChI is InChI=1S/C14H19N3O/c18-14(17-10-4-1-2-5-10)11-6-3-7-12-13(11)16-9-8-15-12/h3,6-7,10,15-16H,1-2,4-5,8-9H2,(H,17,18). The van der Waals surface area contributed by atoms with E-state index in [0.717, 1.165) is 42.9 Å². The number of benzene rings is 1. The third-order valence-corrected chi connectivity index (χ3v) is 3.74. The Morgan fingerprint density at radius 1 is 1.17 bits per heavy atom. The first-order valence-corrected chi connectivity index (χ1v) is 6.76. The Morgan fingerprint density at radius 2 is 1.94 bits per heavy atom. The van der Waals surface area contributed by atoms with Crippen molar-refractivity contribution in [2.24, 2.45) is 0 Å². The van der Waals surface area contributed by atoms with Gasteiger partial charge in [0.2, 0.25) is 0 Å². The fourth-order valence-corrected chi connectivity index (χ4v) is 2.80. The van der Waals surface area contributed by atoms with Crippen LogP contribution in [0.3, 0.4) is 0 Å². The number of amides is 1. The maximum absolute atomic E-state index is 12.3. The highest BCUT2D eigenvalue weighted by atomic mass is 16.1. The molecule has 2 aliphatic rings. The molecule has 0 aromatic heterocycles. The summed E-state index contributed by atoms with van der Waals surface area (Å²) < 4.78 is 0. The Bertz CT molecular complexity index is 452. The van der Waals surface area contributed by atoms with E-state index in [0.29, 0.717) is 6.04 Å². The molecule has 0 unspecified atom stereocenters. The summed E-state index contributed by atoms with van der Waals surface area (Å²) in [6.45, 7) is 1.77. The van der Waals surface area contributed by atoms with Gasteiger partial charge in [0.25, 0.3) is 5.91 Å². The molecule has 4 heteroatoms. The van der Waals surface area contributed by atoms with E-state index in [1.165, 1.54) is 12.8 Å². The van der Waals surface area contributed by atoms with E-state index in [9.17, 15) is 4.79 Å². The largest absolute Gasteiger partial charge is 0.382 e. The maximum Gasteiger partial charge on any atom is 0.253 e. The van der Waals surface area contributed by atoms with E-state index in [2.05, 4.69) is 16.0 Å². The summed E-state index contributed by atoms with van der Waals surface area (Å²) in [5.41, 5.74) is 2.73. The molecule has 1 aromatic carbocycles. The molecule has 3 rings (SSSR count). The van der Waals surface area contributed by atoms with Crippen molar-refractivity contribution < 1.29 is 4.79 Å². The summed E-state index contributed by atoms with van der Waals surface area (Å²) in [5.74, 6) is 0.0509. The number of hydrogen-bond donors (Lipinski definition) is 3. The molecule has 18 heavy (non-hydrogen) atoms. The molecule has 0 radical (unpaired) electrons. The van der Waals surface area contributed by atoms with Crippen molar-refractivity contribution >= 4 is 17.3 Å². The maximum atomic E-state index is 12.3. The number of anilines is 2. The zero-order valence-electron chi connectivity index (χ0n) is 10.5. The topological polar surface area (TPSA) is 53.2 Å². The summed E-state index contributed by atoms with van der Waals surface area (Å²) in [6.07, 6.45) is 4.70. The van der Waals surface area contributed by atoms with E-state index in [-0.39, 0.29) is 5.91 Å². The first-order chi connectivity index (χ1) is 8.84. The highest BCUT2D eigenvalue weighted by Crippen LogP contribution is 2.28. The van der Waals surface area contributed by atoms with Crippen LogP contribution in [0.4, 0.5) is 11.4 Å². The summed E-state index contributed by atoms with van der Waals surface area (Å²) >= 11 is 0. The van der Waals surface area contributed by atoms with Gasteiger partial charge in [0, 0.05) is 19.1 Å². The van der Waals surface area contributed by atoms with Crippen LogP contribution in [0.2, 0.25) is 0 Å². The second-order valence-electron chi connectivity index (χ2n) is 5.04. The molecule has 0 bridgehead atoms. The lowest BCUT2D eigenvalue weighted by Crippen LogP contribution is -2.34. The Hall–Kier alpha value is -1.71. The lowest BCUT2D eigenvalue weighted by Gasteiger charge is -2.23. The van der Waals surface area contributed by atoms with Gasteiger partial charge in [-0.05, 0) is 25.0 Å². The van der Waals surface area contributed by atoms with Crippen molar-refractivity contribution in [1.82, 2.24) is 5.32 Å². The molecule has 1 heterocycles. The molecule has 1 saturated carbocycles. The van der Waals surface area contributed by atoms with Gasteiger partial charge in [-0.15, -0.1) is 0 Å². The summed E-state index contributed by atoms with van der Waals surface area (Å²) in [6, 6.07) is 6.20. The van der Waals surface area contributed by atoms with Gasteiger partial charge in [0.15, 0.2) is 0 Å². The van der Waals surface area contributed by atoms with Gasteiger partial charge in [0.05, 0.1) is 16.9 Å². The van der Waals surface area contributed by atoms with Crippen molar-refractivity contribution in [3.05, 3.63) is 23.8 Å². The molecule has 1 aliphatic heterocycles. The first-order valence-electron chi connectivity index (χ1n) is 6.76. The van der Waals surface area contributed by atoms with Crippen molar-refractivity contribution in [3.8, 4) is 0 Å². The quantitative estimate of drug-likeness (QED) is 0.748. The fraction of sp³-hybridized carbons (Fsp3) is 0.500. The van der Waals surface area contributed by atoms with E-state index >= 15 is 0 Å². The molecular weight excluding hydrogens is 226 g/mol. The van der Waals surface area contributed by atoms with Gasteiger partial charge in [0.1, 0.15) is 0 Å². The lowest BCUT2D eigenvalue weighted by molar-refractivity contribution is 0.0938. The number of rotatable bonds is 2. The van der Waals surface area contributed by atoms with Crippen LogP contribution in [0.15, 0.2) is 18.2 Å². The third-order valence-electron chi connectivity index (χ3n) is 3.74. The summed E-state index contributed by atoms with van der Waals surface area (Å²) in [7, 11) is 0. The Balaban J connectivity index is 1.80. The minimum atomic E-state index is 0.0509. The number of fused-ring (bicyclic) bond motifs is 1. The van der Waals surface area contributed by atoms with Gasteiger partial charge >= 0.3 is 0 Å². The number of nitrogens with one attached hydrogen (secondary N) is 3. The summed E-state index contributed by atoms with van der Waals surface area (Å²) in [4.78, 5) is 12.3. The molecule has 1 amide bonds. The van der Waals surface area contributed by atoms with Gasteiger partial charge in [-0.1, -0.05) is 18.9 Å². The van der Waals surface area contributed by atoms with Crippen molar-refractivity contribution in [3.63, 3.8) is 0 Å². The van der Waals surface area contributed by atoms with Crippen LogP contribution in [0, 0.1) is 0 Å². The molecule has 0 atom stereocenters. The van der Waals surface area contributed by atoms with Crippen LogP contribution >= 0.6 is 0 Å². The molecule has 1 aromatic rings. The minimum absolute atomic E-state index is 0.0509. The zero-order valence-corrected chi connectivity index (χ0v) is 10.5. The molecule has 4 nitrogen and oxygen atoms in total. The van der Waals surface area contributed by atoms with E-state index in [4.69, 9.17) is 0 Å². The van der Waals surface area contributed by atoms with Crippen LogP contribution in [0.25, 0.3) is 0 Å². The highest BCUT2D eigenvalue weighted by Gasteiger charge is 2.21. The number of para-hydroxylation sites is 1. The lowest BCUT2D eigenvalue weighted by atomic mass is 10.1. The highest BCUT2D eigenvalue weighted by molar-refractivity contribution is 6.02. The number of carbonyl (C=O) groups is 1.